The number of carbonyl (C=O) groups is 7. The second kappa shape index (κ2) is 29.8. The number of hydrogen-bond donors (Lipinski definition) is 2. The van der Waals surface area contributed by atoms with E-state index in [1.807, 2.05) is 83.8 Å². The van der Waals surface area contributed by atoms with Gasteiger partial charge < -0.3 is 44.1 Å². The van der Waals surface area contributed by atoms with Gasteiger partial charge in [-0.2, -0.15) is 0 Å². The minimum atomic E-state index is -1.16. The maximum absolute atomic E-state index is 14.7. The first-order valence-corrected chi connectivity index (χ1v) is 27.5. The molecule has 2 saturated heterocycles. The third kappa shape index (κ3) is 15.9. The van der Waals surface area contributed by atoms with E-state index in [-0.39, 0.29) is 84.6 Å². The SMILES string of the molecule is CCC(C)C(C(CC(=O)N1CCC[C@H]1C(OC)C(C)C(=O)N[C@@]1(C(=O)N2CCCCO2)C[C@@H]1c1ccccc1)OC)N(C)C(=O)C(NC(=O)C(C(C)C)N(C)CCOCCOCCOCCN1C(=O)C=CC1=O)C(C)C. The molecule has 4 aliphatic rings. The minimum Gasteiger partial charge on any atom is -0.379 e. The summed E-state index contributed by atoms with van der Waals surface area (Å²) >= 11 is 0. The highest BCUT2D eigenvalue weighted by Gasteiger charge is 2.64. The number of benzene rings is 1. The van der Waals surface area contributed by atoms with Crippen molar-refractivity contribution in [2.45, 2.75) is 141 Å². The largest absolute Gasteiger partial charge is 0.379 e. The zero-order valence-corrected chi connectivity index (χ0v) is 47.2. The molecule has 7 amide bonds. The third-order valence-electron chi connectivity index (χ3n) is 15.7. The Bertz CT molecular complexity index is 2090. The molecule has 10 atom stereocenters. The maximum atomic E-state index is 14.7. The Labute approximate surface area is 451 Å². The van der Waals surface area contributed by atoms with Crippen LogP contribution in [0.15, 0.2) is 42.5 Å². The van der Waals surface area contributed by atoms with Crippen molar-refractivity contribution in [1.29, 1.82) is 0 Å². The van der Waals surface area contributed by atoms with E-state index < -0.39 is 47.8 Å². The number of likely N-dealkylation sites (tertiary alicyclic amines) is 1. The molecular formula is C56H89N7O13. The molecule has 1 saturated carbocycles. The monoisotopic (exact) mass is 1070 g/mol. The molecule has 1 aliphatic carbocycles. The van der Waals surface area contributed by atoms with Crippen molar-refractivity contribution in [2.24, 2.45) is 23.7 Å². The van der Waals surface area contributed by atoms with Crippen LogP contribution in [-0.4, -0.2) is 209 Å². The molecule has 5 rings (SSSR count). The second-order valence-corrected chi connectivity index (χ2v) is 21.6. The van der Waals surface area contributed by atoms with Gasteiger partial charge in [0.15, 0.2) is 0 Å². The van der Waals surface area contributed by atoms with Gasteiger partial charge in [-0.15, -0.1) is 0 Å². The van der Waals surface area contributed by atoms with Crippen LogP contribution in [0.25, 0.3) is 0 Å². The van der Waals surface area contributed by atoms with Gasteiger partial charge in [0, 0.05) is 59.0 Å². The summed E-state index contributed by atoms with van der Waals surface area (Å²) in [6.07, 6.45) is 5.20. The zero-order valence-electron chi connectivity index (χ0n) is 47.2. The predicted molar refractivity (Wildman–Crippen MR) is 284 cm³/mol. The quantitative estimate of drug-likeness (QED) is 0.0780. The van der Waals surface area contributed by atoms with Gasteiger partial charge in [-0.25, -0.2) is 5.06 Å². The summed E-state index contributed by atoms with van der Waals surface area (Å²) in [4.78, 5) is 108. The average Bonchev–Trinajstić information content (AvgIpc) is 3.79. The lowest BCUT2D eigenvalue weighted by molar-refractivity contribution is -0.200. The molecule has 0 spiro atoms. The summed E-state index contributed by atoms with van der Waals surface area (Å²) in [5.41, 5.74) is -0.197. The number of amides is 7. The van der Waals surface area contributed by atoms with E-state index in [1.165, 1.54) is 17.2 Å². The van der Waals surface area contributed by atoms with Crippen LogP contribution in [0.1, 0.15) is 105 Å². The van der Waals surface area contributed by atoms with Gasteiger partial charge in [-0.1, -0.05) is 85.2 Å². The second-order valence-electron chi connectivity index (χ2n) is 21.6. The number of methoxy groups -OCH3 is 2. The molecule has 3 heterocycles. The fourth-order valence-corrected chi connectivity index (χ4v) is 11.1. The van der Waals surface area contributed by atoms with Crippen LogP contribution >= 0.6 is 0 Å². The summed E-state index contributed by atoms with van der Waals surface area (Å²) in [6, 6.07) is 7.32. The number of likely N-dealkylation sites (N-methyl/N-ethyl adjacent to an activating group) is 2. The van der Waals surface area contributed by atoms with Gasteiger partial charge in [-0.3, -0.25) is 48.2 Å². The molecule has 76 heavy (non-hydrogen) atoms. The molecular weight excluding hydrogens is 979 g/mol. The Morgan fingerprint density at radius 1 is 0.803 bits per heavy atom. The van der Waals surface area contributed by atoms with Crippen molar-refractivity contribution < 1.29 is 62.1 Å². The van der Waals surface area contributed by atoms with Gasteiger partial charge >= 0.3 is 0 Å². The molecule has 426 valence electrons. The Morgan fingerprint density at radius 2 is 1.45 bits per heavy atom. The highest BCUT2D eigenvalue weighted by molar-refractivity contribution is 6.12. The van der Waals surface area contributed by atoms with Crippen molar-refractivity contribution in [3.63, 3.8) is 0 Å². The first kappa shape index (κ1) is 62.0. The first-order valence-electron chi connectivity index (χ1n) is 27.5. The summed E-state index contributed by atoms with van der Waals surface area (Å²) in [6.45, 7) is 17.4. The molecule has 2 N–H and O–H groups in total. The van der Waals surface area contributed by atoms with E-state index in [0.717, 1.165) is 23.3 Å². The average molecular weight is 1070 g/mol. The number of hydroxylamine groups is 2. The number of imide groups is 1. The van der Waals surface area contributed by atoms with Gasteiger partial charge in [0.25, 0.3) is 17.7 Å². The lowest BCUT2D eigenvalue weighted by atomic mass is 9.89. The van der Waals surface area contributed by atoms with Crippen molar-refractivity contribution in [2.75, 3.05) is 101 Å². The first-order chi connectivity index (χ1) is 36.3. The van der Waals surface area contributed by atoms with Crippen LogP contribution in [0.3, 0.4) is 0 Å². The number of nitrogens with zero attached hydrogens (tertiary/aromatic N) is 5. The smallest absolute Gasteiger partial charge is 0.272 e. The van der Waals surface area contributed by atoms with E-state index in [0.29, 0.717) is 85.0 Å². The van der Waals surface area contributed by atoms with Crippen LogP contribution < -0.4 is 10.6 Å². The summed E-state index contributed by atoms with van der Waals surface area (Å²) in [5, 5.41) is 7.66. The van der Waals surface area contributed by atoms with Crippen LogP contribution in [0, 0.1) is 23.7 Å². The lowest BCUT2D eigenvalue weighted by Gasteiger charge is -2.41. The van der Waals surface area contributed by atoms with Crippen LogP contribution in [0.2, 0.25) is 0 Å². The highest BCUT2D eigenvalue weighted by atomic mass is 16.7. The standard InChI is InChI=1S/C56H89N7O13/c1-12-39(6)50(60(9)54(69)48(37(2)3)57-53(68)49(38(4)5)59(8)26-29-73-31-33-75-34-32-74-30-27-62-45(64)22-23-46(62)65)44(71-10)35-47(66)61-24-18-21-43(61)51(72-11)40(7)52(67)58-56(55(70)63-25-16-17-28-76-63)36-42(56)41-19-14-13-15-20-41/h13-15,19-20,22-23,37-40,42-44,48-51H,12,16-18,21,24-36H2,1-11H3,(H,57,68)(H,58,67)/t39?,40?,42-,43+,44?,48?,49?,50?,51?,56+/m1/s1. The highest BCUT2D eigenvalue weighted by Crippen LogP contribution is 2.53. The van der Waals surface area contributed by atoms with Gasteiger partial charge in [0.1, 0.15) is 11.6 Å². The Hall–Kier alpha value is -4.83. The fraction of sp³-hybridized carbons (Fsp3) is 0.732. The van der Waals surface area contributed by atoms with E-state index in [9.17, 15) is 33.6 Å². The van der Waals surface area contributed by atoms with Gasteiger partial charge in [0.05, 0.1) is 95.5 Å². The normalized spacial score (nSPS) is 22.4. The number of ether oxygens (including phenoxy) is 5. The molecule has 1 aromatic carbocycles. The number of rotatable bonds is 32. The van der Waals surface area contributed by atoms with Crippen molar-refractivity contribution >= 4 is 41.4 Å². The number of hydrogen-bond acceptors (Lipinski definition) is 14. The molecule has 0 bridgehead atoms. The molecule has 20 nitrogen and oxygen atoms in total. The topological polar surface area (TPSA) is 215 Å². The lowest BCUT2D eigenvalue weighted by Crippen LogP contribution is -2.60. The van der Waals surface area contributed by atoms with E-state index in [4.69, 9.17) is 28.5 Å². The van der Waals surface area contributed by atoms with Gasteiger partial charge in [-0.05, 0) is 62.5 Å². The zero-order chi connectivity index (χ0) is 55.7. The predicted octanol–water partition coefficient (Wildman–Crippen LogP) is 3.58. The van der Waals surface area contributed by atoms with E-state index in [2.05, 4.69) is 10.6 Å². The maximum Gasteiger partial charge on any atom is 0.272 e. The number of carbonyl (C=O) groups excluding carboxylic acids is 7. The molecule has 0 aromatic heterocycles. The molecule has 3 fully saturated rings. The van der Waals surface area contributed by atoms with Crippen LogP contribution in [0.5, 0.6) is 0 Å². The molecule has 7 unspecified atom stereocenters. The van der Waals surface area contributed by atoms with Crippen molar-refractivity contribution in [1.82, 2.24) is 35.3 Å². The molecule has 0 radical (unpaired) electrons. The Kier molecular flexibility index (Phi) is 24.3. The molecule has 1 aromatic rings. The molecule has 20 heteroatoms. The Morgan fingerprint density at radius 3 is 2.03 bits per heavy atom. The summed E-state index contributed by atoms with van der Waals surface area (Å²) < 4.78 is 29.1. The van der Waals surface area contributed by atoms with Crippen molar-refractivity contribution in [3.05, 3.63) is 48.0 Å². The van der Waals surface area contributed by atoms with E-state index >= 15 is 0 Å². The van der Waals surface area contributed by atoms with Crippen LogP contribution in [-0.2, 0) is 62.1 Å². The van der Waals surface area contributed by atoms with E-state index in [1.54, 1.807) is 38.0 Å². The van der Waals surface area contributed by atoms with Crippen molar-refractivity contribution in [3.8, 4) is 0 Å². The fourth-order valence-electron chi connectivity index (χ4n) is 11.1. The summed E-state index contributed by atoms with van der Waals surface area (Å²) in [5.74, 6) is -3.43. The third-order valence-corrected chi connectivity index (χ3v) is 15.7. The summed E-state index contributed by atoms with van der Waals surface area (Å²) in [7, 11) is 6.67. The number of nitrogens with one attached hydrogen (secondary N) is 2. The minimum absolute atomic E-state index is 0.0320. The van der Waals surface area contributed by atoms with Gasteiger partial charge in [0.2, 0.25) is 23.6 Å². The van der Waals surface area contributed by atoms with Crippen LogP contribution in [0.4, 0.5) is 0 Å². The Balaban J connectivity index is 1.16. The molecule has 3 aliphatic heterocycles.